The van der Waals surface area contributed by atoms with E-state index in [0.717, 1.165) is 12.1 Å². The Balaban J connectivity index is 1.98. The zero-order chi connectivity index (χ0) is 22.5. The average molecular weight is 439 g/mol. The molecule has 1 atom stereocenters. The highest BCUT2D eigenvalue weighted by molar-refractivity contribution is 6.31. The summed E-state index contributed by atoms with van der Waals surface area (Å²) in [5.41, 5.74) is -0.294. The first kappa shape index (κ1) is 23.2. The molecule has 0 heterocycles. The van der Waals surface area contributed by atoms with E-state index in [2.05, 4.69) is 10.6 Å². The number of nitriles is 1. The minimum atomic E-state index is -4.65. The van der Waals surface area contributed by atoms with Gasteiger partial charge in [0.25, 0.3) is 0 Å². The second-order valence-electron chi connectivity index (χ2n) is 6.51. The van der Waals surface area contributed by atoms with Crippen molar-refractivity contribution in [2.75, 3.05) is 24.2 Å². The fraction of sp³-hybridized carbons (Fsp3) is 0.250. The number of benzene rings is 2. The fourth-order valence-electron chi connectivity index (χ4n) is 2.50. The Morgan fingerprint density at radius 3 is 2.47 bits per heavy atom. The third-order valence-corrected chi connectivity index (χ3v) is 4.58. The van der Waals surface area contributed by atoms with E-state index in [0.29, 0.717) is 11.3 Å². The van der Waals surface area contributed by atoms with Gasteiger partial charge in [-0.3, -0.25) is 14.5 Å². The normalized spacial score (nSPS) is 12.2. The van der Waals surface area contributed by atoms with Crippen molar-refractivity contribution in [2.24, 2.45) is 0 Å². The summed E-state index contributed by atoms with van der Waals surface area (Å²) in [7, 11) is 1.53. The van der Waals surface area contributed by atoms with Crippen molar-refractivity contribution in [3.8, 4) is 6.07 Å². The van der Waals surface area contributed by atoms with E-state index < -0.39 is 34.6 Å². The number of amides is 2. The first-order chi connectivity index (χ1) is 14.0. The van der Waals surface area contributed by atoms with Gasteiger partial charge in [0, 0.05) is 11.4 Å². The van der Waals surface area contributed by atoms with Gasteiger partial charge in [0.15, 0.2) is 0 Å². The van der Waals surface area contributed by atoms with Crippen LogP contribution in [0.5, 0.6) is 0 Å². The van der Waals surface area contributed by atoms with E-state index in [-0.39, 0.29) is 12.2 Å². The number of rotatable bonds is 6. The Labute approximate surface area is 176 Å². The van der Waals surface area contributed by atoms with Gasteiger partial charge in [0.2, 0.25) is 11.8 Å². The number of carbonyl (C=O) groups excluding carboxylic acids is 2. The van der Waals surface area contributed by atoms with Gasteiger partial charge in [0.1, 0.15) is 0 Å². The fourth-order valence-corrected chi connectivity index (χ4v) is 2.72. The lowest BCUT2D eigenvalue weighted by atomic mass is 10.2. The summed E-state index contributed by atoms with van der Waals surface area (Å²) in [6.07, 6.45) is -4.65. The molecule has 0 fully saturated rings. The van der Waals surface area contributed by atoms with Crippen molar-refractivity contribution in [2.45, 2.75) is 19.1 Å². The van der Waals surface area contributed by atoms with Crippen LogP contribution in [0.25, 0.3) is 0 Å². The third kappa shape index (κ3) is 6.20. The summed E-state index contributed by atoms with van der Waals surface area (Å²) < 4.78 is 38.8. The molecule has 0 aliphatic heterocycles. The van der Waals surface area contributed by atoms with Gasteiger partial charge in [-0.1, -0.05) is 17.7 Å². The molecule has 0 aliphatic rings. The summed E-state index contributed by atoms with van der Waals surface area (Å²) in [4.78, 5) is 26.0. The van der Waals surface area contributed by atoms with E-state index in [1.807, 2.05) is 6.07 Å². The Bertz CT molecular complexity index is 989. The van der Waals surface area contributed by atoms with Crippen LogP contribution in [-0.2, 0) is 15.8 Å². The zero-order valence-corrected chi connectivity index (χ0v) is 16.8. The highest BCUT2D eigenvalue weighted by atomic mass is 35.5. The van der Waals surface area contributed by atoms with Gasteiger partial charge < -0.3 is 10.6 Å². The molecule has 0 spiro atoms. The van der Waals surface area contributed by atoms with E-state index >= 15 is 0 Å². The second kappa shape index (κ2) is 9.61. The molecule has 0 bridgehead atoms. The number of hydrogen-bond acceptors (Lipinski definition) is 4. The molecule has 30 heavy (non-hydrogen) atoms. The van der Waals surface area contributed by atoms with Crippen molar-refractivity contribution < 1.29 is 22.8 Å². The molecule has 0 saturated heterocycles. The molecule has 2 N–H and O–H groups in total. The van der Waals surface area contributed by atoms with Crippen molar-refractivity contribution in [1.29, 1.82) is 5.26 Å². The van der Waals surface area contributed by atoms with Crippen molar-refractivity contribution in [1.82, 2.24) is 4.90 Å². The van der Waals surface area contributed by atoms with E-state index in [9.17, 15) is 22.8 Å². The standard InChI is InChI=1S/C20H18ClF3N4O2/c1-12(19(30)27-14-5-3-4-13(8-14)10-25)28(2)11-18(29)26-15-6-7-17(21)16(9-15)20(22,23)24/h3-9,12H,11H2,1-2H3,(H,26,29)(H,27,30). The summed E-state index contributed by atoms with van der Waals surface area (Å²) in [6, 6.07) is 10.6. The lowest BCUT2D eigenvalue weighted by Crippen LogP contribution is -2.43. The van der Waals surface area contributed by atoms with Crippen LogP contribution in [0.2, 0.25) is 5.02 Å². The highest BCUT2D eigenvalue weighted by Gasteiger charge is 2.33. The Morgan fingerprint density at radius 2 is 1.83 bits per heavy atom. The average Bonchev–Trinajstić information content (AvgIpc) is 2.67. The molecule has 2 rings (SSSR count). The van der Waals surface area contributed by atoms with Crippen LogP contribution in [0.1, 0.15) is 18.1 Å². The maximum atomic E-state index is 12.9. The molecule has 2 aromatic carbocycles. The zero-order valence-electron chi connectivity index (χ0n) is 16.0. The number of carbonyl (C=O) groups is 2. The van der Waals surface area contributed by atoms with Gasteiger partial charge in [-0.25, -0.2) is 0 Å². The summed E-state index contributed by atoms with van der Waals surface area (Å²) in [5, 5.41) is 13.4. The molecular weight excluding hydrogens is 421 g/mol. The van der Waals surface area contributed by atoms with Crippen LogP contribution in [0.15, 0.2) is 42.5 Å². The SMILES string of the molecule is CC(C(=O)Nc1cccc(C#N)c1)N(C)CC(=O)Nc1ccc(Cl)c(C(F)(F)F)c1. The summed E-state index contributed by atoms with van der Waals surface area (Å²) in [6.45, 7) is 1.33. The van der Waals surface area contributed by atoms with Crippen molar-refractivity contribution in [3.63, 3.8) is 0 Å². The lowest BCUT2D eigenvalue weighted by Gasteiger charge is -2.23. The second-order valence-corrected chi connectivity index (χ2v) is 6.92. The van der Waals surface area contributed by atoms with Crippen LogP contribution in [0, 0.1) is 11.3 Å². The smallest absolute Gasteiger partial charge is 0.325 e. The molecule has 0 radical (unpaired) electrons. The third-order valence-electron chi connectivity index (χ3n) is 4.25. The molecular formula is C20H18ClF3N4O2. The lowest BCUT2D eigenvalue weighted by molar-refractivity contribution is -0.137. The van der Waals surface area contributed by atoms with Crippen LogP contribution in [0.3, 0.4) is 0 Å². The molecule has 2 amide bonds. The monoisotopic (exact) mass is 438 g/mol. The van der Waals surface area contributed by atoms with Crippen LogP contribution in [-0.4, -0.2) is 36.3 Å². The number of anilines is 2. The van der Waals surface area contributed by atoms with Gasteiger partial charge in [0.05, 0.1) is 34.8 Å². The molecule has 158 valence electrons. The molecule has 6 nitrogen and oxygen atoms in total. The summed E-state index contributed by atoms with van der Waals surface area (Å²) in [5.74, 6) is -1.01. The predicted octanol–water partition coefficient (Wildman–Crippen LogP) is 4.13. The Hall–Kier alpha value is -3.09. The van der Waals surface area contributed by atoms with E-state index in [4.69, 9.17) is 16.9 Å². The first-order valence-corrected chi connectivity index (χ1v) is 9.07. The summed E-state index contributed by atoms with van der Waals surface area (Å²) >= 11 is 5.56. The van der Waals surface area contributed by atoms with E-state index in [1.54, 1.807) is 25.1 Å². The molecule has 1 unspecified atom stereocenters. The van der Waals surface area contributed by atoms with Gasteiger partial charge in [-0.2, -0.15) is 18.4 Å². The van der Waals surface area contributed by atoms with Crippen molar-refractivity contribution >= 4 is 34.8 Å². The van der Waals surface area contributed by atoms with Gasteiger partial charge in [-0.15, -0.1) is 0 Å². The number of halogens is 4. The first-order valence-electron chi connectivity index (χ1n) is 8.69. The molecule has 0 aromatic heterocycles. The quantitative estimate of drug-likeness (QED) is 0.710. The maximum Gasteiger partial charge on any atom is 0.417 e. The predicted molar refractivity (Wildman–Crippen MR) is 107 cm³/mol. The Kier molecular flexibility index (Phi) is 7.43. The van der Waals surface area contributed by atoms with E-state index in [1.165, 1.54) is 24.1 Å². The Morgan fingerprint density at radius 1 is 1.17 bits per heavy atom. The van der Waals surface area contributed by atoms with Gasteiger partial charge >= 0.3 is 6.18 Å². The molecule has 0 aliphatic carbocycles. The number of nitrogens with one attached hydrogen (secondary N) is 2. The van der Waals surface area contributed by atoms with Gasteiger partial charge in [-0.05, 0) is 50.4 Å². The topological polar surface area (TPSA) is 85.2 Å². The molecule has 10 heteroatoms. The highest BCUT2D eigenvalue weighted by Crippen LogP contribution is 2.36. The van der Waals surface area contributed by atoms with Crippen LogP contribution >= 0.6 is 11.6 Å². The number of alkyl halides is 3. The minimum Gasteiger partial charge on any atom is -0.325 e. The minimum absolute atomic E-state index is 0.0597. The molecule has 0 saturated carbocycles. The van der Waals surface area contributed by atoms with Crippen LogP contribution in [0.4, 0.5) is 24.5 Å². The largest absolute Gasteiger partial charge is 0.417 e. The van der Waals surface area contributed by atoms with Crippen LogP contribution < -0.4 is 10.6 Å². The number of likely N-dealkylation sites (N-methyl/N-ethyl adjacent to an activating group) is 1. The van der Waals surface area contributed by atoms with Crippen molar-refractivity contribution in [3.05, 3.63) is 58.6 Å². The number of hydrogen-bond donors (Lipinski definition) is 2. The number of nitrogens with zero attached hydrogens (tertiary/aromatic N) is 2. The molecule has 2 aromatic rings. The maximum absolute atomic E-state index is 12.9.